The molecule has 1 aromatic carbocycles. The number of hydrogen-bond donors (Lipinski definition) is 2. The molecule has 0 radical (unpaired) electrons. The molecule has 1 heterocycles. The fourth-order valence-electron chi connectivity index (χ4n) is 1.97. The molecule has 2 aromatic rings. The quantitative estimate of drug-likeness (QED) is 0.566. The Bertz CT molecular complexity index is 554. The molecule has 2 rings (SSSR count). The third-order valence-corrected chi connectivity index (χ3v) is 5.44. The lowest BCUT2D eigenvalue weighted by Gasteiger charge is -2.17. The van der Waals surface area contributed by atoms with Gasteiger partial charge < -0.3 is 0 Å². The Hall–Kier alpha value is -0.200. The lowest BCUT2D eigenvalue weighted by atomic mass is 10.0. The van der Waals surface area contributed by atoms with Gasteiger partial charge in [0.1, 0.15) is 0 Å². The Balaban J connectivity index is 2.19. The van der Waals surface area contributed by atoms with Crippen LogP contribution in [0, 0.1) is 0 Å². The molecular formula is C14H16Br2N2S. The summed E-state index contributed by atoms with van der Waals surface area (Å²) in [6.07, 6.45) is 1.99. The van der Waals surface area contributed by atoms with Crippen molar-refractivity contribution < 1.29 is 0 Å². The van der Waals surface area contributed by atoms with Gasteiger partial charge in [0.25, 0.3) is 0 Å². The molecule has 3 N–H and O–H groups in total. The molecule has 19 heavy (non-hydrogen) atoms. The molecule has 2 nitrogen and oxygen atoms in total. The number of rotatable bonds is 5. The minimum atomic E-state index is 0.117. The number of hydrazine groups is 1. The van der Waals surface area contributed by atoms with Crippen molar-refractivity contribution >= 4 is 43.2 Å². The van der Waals surface area contributed by atoms with E-state index in [9.17, 15) is 0 Å². The van der Waals surface area contributed by atoms with Crippen LogP contribution in [0.3, 0.4) is 0 Å². The van der Waals surface area contributed by atoms with E-state index in [2.05, 4.69) is 62.4 Å². The number of nitrogens with one attached hydrogen (secondary N) is 1. The van der Waals surface area contributed by atoms with Crippen molar-refractivity contribution in [1.82, 2.24) is 5.43 Å². The Kier molecular flexibility index (Phi) is 5.59. The highest BCUT2D eigenvalue weighted by atomic mass is 79.9. The van der Waals surface area contributed by atoms with Crippen LogP contribution in [0.1, 0.15) is 28.3 Å². The second-order valence-electron chi connectivity index (χ2n) is 4.31. The molecule has 0 amide bonds. The number of nitrogens with two attached hydrogens (primary N) is 1. The van der Waals surface area contributed by atoms with Gasteiger partial charge in [0.05, 0.1) is 6.04 Å². The van der Waals surface area contributed by atoms with Crippen LogP contribution in [0.25, 0.3) is 0 Å². The van der Waals surface area contributed by atoms with E-state index in [0.717, 1.165) is 21.8 Å². The molecule has 0 aliphatic heterocycles. The largest absolute Gasteiger partial charge is 0.271 e. The Morgan fingerprint density at radius 1 is 1.21 bits per heavy atom. The monoisotopic (exact) mass is 402 g/mol. The van der Waals surface area contributed by atoms with Crippen molar-refractivity contribution in [3.05, 3.63) is 54.6 Å². The maximum absolute atomic E-state index is 5.72. The molecule has 0 saturated carbocycles. The summed E-state index contributed by atoms with van der Waals surface area (Å²) in [5.74, 6) is 5.72. The van der Waals surface area contributed by atoms with Gasteiger partial charge in [-0.15, -0.1) is 11.3 Å². The third kappa shape index (κ3) is 3.89. The molecule has 0 aliphatic rings. The molecule has 5 heteroatoms. The highest BCUT2D eigenvalue weighted by Gasteiger charge is 2.15. The number of aryl methyl sites for hydroxylation is 1. The summed E-state index contributed by atoms with van der Waals surface area (Å²) in [6, 6.07) is 10.7. The normalized spacial score (nSPS) is 12.6. The average Bonchev–Trinajstić information content (AvgIpc) is 2.84. The number of hydrogen-bond acceptors (Lipinski definition) is 3. The average molecular weight is 404 g/mol. The van der Waals surface area contributed by atoms with E-state index in [1.807, 2.05) is 23.5 Å². The molecule has 0 bridgehead atoms. The second-order valence-corrected chi connectivity index (χ2v) is 7.33. The van der Waals surface area contributed by atoms with E-state index in [1.165, 1.54) is 15.3 Å². The van der Waals surface area contributed by atoms with E-state index in [0.29, 0.717) is 0 Å². The molecule has 0 spiro atoms. The summed E-state index contributed by atoms with van der Waals surface area (Å²) in [5, 5.41) is 0. The van der Waals surface area contributed by atoms with Crippen molar-refractivity contribution in [2.75, 3.05) is 0 Å². The Labute approximate surface area is 134 Å². The van der Waals surface area contributed by atoms with Gasteiger partial charge >= 0.3 is 0 Å². The predicted molar refractivity (Wildman–Crippen MR) is 89.3 cm³/mol. The first-order valence-electron chi connectivity index (χ1n) is 6.12. The standard InChI is InChI=1S/C14H16Br2N2S/c1-2-10-4-5-11(19-10)8-14(18-17)12-6-3-9(15)7-13(12)16/h3-7,14,18H,2,8,17H2,1H3. The van der Waals surface area contributed by atoms with Gasteiger partial charge in [0, 0.05) is 25.1 Å². The summed E-state index contributed by atoms with van der Waals surface area (Å²) >= 11 is 8.93. The Morgan fingerprint density at radius 2 is 1.95 bits per heavy atom. The van der Waals surface area contributed by atoms with Crippen molar-refractivity contribution in [1.29, 1.82) is 0 Å². The van der Waals surface area contributed by atoms with E-state index in [4.69, 9.17) is 5.84 Å². The zero-order valence-electron chi connectivity index (χ0n) is 10.6. The minimum Gasteiger partial charge on any atom is -0.271 e. The molecule has 1 unspecified atom stereocenters. The molecular weight excluding hydrogens is 388 g/mol. The highest BCUT2D eigenvalue weighted by molar-refractivity contribution is 9.11. The van der Waals surface area contributed by atoms with Crippen LogP contribution >= 0.6 is 43.2 Å². The molecule has 0 fully saturated rings. The number of benzene rings is 1. The molecule has 0 saturated heterocycles. The highest BCUT2D eigenvalue weighted by Crippen LogP contribution is 2.30. The van der Waals surface area contributed by atoms with Crippen LogP contribution < -0.4 is 11.3 Å². The SMILES string of the molecule is CCc1ccc(CC(NN)c2ccc(Br)cc2Br)s1. The van der Waals surface area contributed by atoms with Gasteiger partial charge in [-0.3, -0.25) is 11.3 Å². The minimum absolute atomic E-state index is 0.117. The van der Waals surface area contributed by atoms with Crippen molar-refractivity contribution in [3.63, 3.8) is 0 Å². The van der Waals surface area contributed by atoms with Gasteiger partial charge in [0.15, 0.2) is 0 Å². The van der Waals surface area contributed by atoms with Crippen molar-refractivity contribution in [3.8, 4) is 0 Å². The molecule has 1 aromatic heterocycles. The van der Waals surface area contributed by atoms with Crippen molar-refractivity contribution in [2.24, 2.45) is 5.84 Å². The van der Waals surface area contributed by atoms with E-state index >= 15 is 0 Å². The van der Waals surface area contributed by atoms with E-state index < -0.39 is 0 Å². The van der Waals surface area contributed by atoms with Crippen LogP contribution in [-0.2, 0) is 12.8 Å². The number of thiophene rings is 1. The fourth-order valence-corrected chi connectivity index (χ4v) is 4.29. The summed E-state index contributed by atoms with van der Waals surface area (Å²) in [5.41, 5.74) is 4.09. The third-order valence-electron chi connectivity index (χ3n) is 3.01. The van der Waals surface area contributed by atoms with Crippen LogP contribution in [-0.4, -0.2) is 0 Å². The first-order valence-corrected chi connectivity index (χ1v) is 8.53. The zero-order valence-corrected chi connectivity index (χ0v) is 14.6. The molecule has 102 valence electrons. The van der Waals surface area contributed by atoms with Gasteiger partial charge in [-0.2, -0.15) is 0 Å². The van der Waals surface area contributed by atoms with Crippen molar-refractivity contribution in [2.45, 2.75) is 25.8 Å². The maximum atomic E-state index is 5.72. The van der Waals surface area contributed by atoms with Gasteiger partial charge in [-0.05, 0) is 36.2 Å². The van der Waals surface area contributed by atoms with E-state index in [-0.39, 0.29) is 6.04 Å². The topological polar surface area (TPSA) is 38.0 Å². The maximum Gasteiger partial charge on any atom is 0.0519 e. The fraction of sp³-hybridized carbons (Fsp3) is 0.286. The van der Waals surface area contributed by atoms with E-state index in [1.54, 1.807) is 0 Å². The first kappa shape index (κ1) is 15.2. The molecule has 0 aliphatic carbocycles. The number of halogens is 2. The van der Waals surface area contributed by atoms with Crippen LogP contribution in [0.4, 0.5) is 0 Å². The first-order chi connectivity index (χ1) is 9.13. The summed E-state index contributed by atoms with van der Waals surface area (Å²) in [7, 11) is 0. The van der Waals surface area contributed by atoms with Gasteiger partial charge in [-0.25, -0.2) is 0 Å². The van der Waals surface area contributed by atoms with Crippen LogP contribution in [0.2, 0.25) is 0 Å². The smallest absolute Gasteiger partial charge is 0.0519 e. The van der Waals surface area contributed by atoms with Gasteiger partial charge in [0.2, 0.25) is 0 Å². The Morgan fingerprint density at radius 3 is 2.53 bits per heavy atom. The van der Waals surface area contributed by atoms with Crippen LogP contribution in [0.5, 0.6) is 0 Å². The summed E-state index contributed by atoms with van der Waals surface area (Å²) in [4.78, 5) is 2.77. The zero-order chi connectivity index (χ0) is 13.8. The predicted octanol–water partition coefficient (Wildman–Crippen LogP) is 4.58. The molecule has 1 atom stereocenters. The van der Waals surface area contributed by atoms with Gasteiger partial charge in [-0.1, -0.05) is 44.8 Å². The second kappa shape index (κ2) is 6.99. The van der Waals surface area contributed by atoms with Crippen LogP contribution in [0.15, 0.2) is 39.3 Å². The summed E-state index contributed by atoms with van der Waals surface area (Å²) < 4.78 is 2.13. The lowest BCUT2D eigenvalue weighted by molar-refractivity contribution is 0.553. The lowest BCUT2D eigenvalue weighted by Crippen LogP contribution is -2.29. The summed E-state index contributed by atoms with van der Waals surface area (Å²) in [6.45, 7) is 2.18.